The normalized spacial score (nSPS) is 22.9. The summed E-state index contributed by atoms with van der Waals surface area (Å²) in [7, 11) is 4.37. The Bertz CT molecular complexity index is 258. The Morgan fingerprint density at radius 2 is 1.85 bits per heavy atom. The van der Waals surface area contributed by atoms with E-state index < -0.39 is 0 Å². The molecule has 0 unspecified atom stereocenters. The van der Waals surface area contributed by atoms with Crippen LogP contribution in [0.5, 0.6) is 0 Å². The van der Waals surface area contributed by atoms with Crippen molar-refractivity contribution in [3.63, 3.8) is 0 Å². The lowest BCUT2D eigenvalue weighted by atomic mass is 9.79. The van der Waals surface area contributed by atoms with Crippen LogP contribution in [-0.2, 0) is 4.74 Å². The Morgan fingerprint density at radius 1 is 1.15 bits per heavy atom. The second kappa shape index (κ2) is 8.35. The molecule has 2 aliphatic carbocycles. The van der Waals surface area contributed by atoms with Gasteiger partial charge in [0.1, 0.15) is 0 Å². The minimum atomic E-state index is 0.497. The first-order valence-corrected chi connectivity index (χ1v) is 8.65. The van der Waals surface area contributed by atoms with E-state index in [0.29, 0.717) is 5.41 Å². The van der Waals surface area contributed by atoms with E-state index >= 15 is 0 Å². The van der Waals surface area contributed by atoms with E-state index in [4.69, 9.17) is 4.74 Å². The van der Waals surface area contributed by atoms with Gasteiger partial charge in [0, 0.05) is 26.2 Å². The highest BCUT2D eigenvalue weighted by atomic mass is 16.5. The zero-order valence-corrected chi connectivity index (χ0v) is 13.6. The van der Waals surface area contributed by atoms with Crippen LogP contribution in [0.2, 0.25) is 0 Å². The Labute approximate surface area is 125 Å². The van der Waals surface area contributed by atoms with Crippen LogP contribution in [0.3, 0.4) is 0 Å². The molecular formula is C17H34N2O. The summed E-state index contributed by atoms with van der Waals surface area (Å²) >= 11 is 0. The molecule has 0 aromatic carbocycles. The van der Waals surface area contributed by atoms with E-state index in [1.165, 1.54) is 64.5 Å². The van der Waals surface area contributed by atoms with E-state index in [1.807, 2.05) is 0 Å². The zero-order chi connectivity index (χ0) is 14.3. The largest absolute Gasteiger partial charge is 0.380 e. The standard InChI is InChI=1S/C17H34N2O/c1-18-14-17(9-5-3-4-6-10-17)15-19(2)11-12-20-13-16-7-8-16/h16,18H,3-15H2,1-2H3. The van der Waals surface area contributed by atoms with Crippen molar-refractivity contribution in [1.29, 1.82) is 0 Å². The van der Waals surface area contributed by atoms with Crippen LogP contribution in [-0.4, -0.2) is 51.8 Å². The summed E-state index contributed by atoms with van der Waals surface area (Å²) in [5.74, 6) is 0.887. The fourth-order valence-electron chi connectivity index (χ4n) is 3.65. The number of nitrogens with zero attached hydrogens (tertiary/aromatic N) is 1. The smallest absolute Gasteiger partial charge is 0.0593 e. The van der Waals surface area contributed by atoms with Crippen LogP contribution in [0.15, 0.2) is 0 Å². The van der Waals surface area contributed by atoms with Crippen LogP contribution in [0, 0.1) is 11.3 Å². The van der Waals surface area contributed by atoms with Gasteiger partial charge in [-0.1, -0.05) is 25.7 Å². The van der Waals surface area contributed by atoms with Crippen molar-refractivity contribution in [3.8, 4) is 0 Å². The van der Waals surface area contributed by atoms with Crippen molar-refractivity contribution in [1.82, 2.24) is 10.2 Å². The molecule has 0 spiro atoms. The highest BCUT2D eigenvalue weighted by Crippen LogP contribution is 2.35. The highest BCUT2D eigenvalue weighted by Gasteiger charge is 2.31. The molecule has 3 nitrogen and oxygen atoms in total. The molecule has 0 aromatic rings. The molecule has 0 bridgehead atoms. The molecule has 20 heavy (non-hydrogen) atoms. The van der Waals surface area contributed by atoms with E-state index in [2.05, 4.69) is 24.3 Å². The minimum absolute atomic E-state index is 0.497. The lowest BCUT2D eigenvalue weighted by Gasteiger charge is -2.36. The Balaban J connectivity index is 1.70. The van der Waals surface area contributed by atoms with Crippen molar-refractivity contribution in [2.24, 2.45) is 11.3 Å². The van der Waals surface area contributed by atoms with Crippen LogP contribution in [0.25, 0.3) is 0 Å². The Morgan fingerprint density at radius 3 is 2.45 bits per heavy atom. The van der Waals surface area contributed by atoms with Crippen LogP contribution >= 0.6 is 0 Å². The summed E-state index contributed by atoms with van der Waals surface area (Å²) in [6.45, 7) is 5.37. The number of likely N-dealkylation sites (N-methyl/N-ethyl adjacent to an activating group) is 1. The number of rotatable bonds is 9. The van der Waals surface area contributed by atoms with Crippen molar-refractivity contribution in [3.05, 3.63) is 0 Å². The predicted molar refractivity (Wildman–Crippen MR) is 85.1 cm³/mol. The van der Waals surface area contributed by atoms with Crippen molar-refractivity contribution in [2.75, 3.05) is 46.9 Å². The summed E-state index contributed by atoms with van der Waals surface area (Å²) in [6, 6.07) is 0. The zero-order valence-electron chi connectivity index (χ0n) is 13.6. The van der Waals surface area contributed by atoms with Gasteiger partial charge in [-0.3, -0.25) is 0 Å². The van der Waals surface area contributed by atoms with E-state index in [1.54, 1.807) is 0 Å². The molecule has 0 radical (unpaired) electrons. The van der Waals surface area contributed by atoms with Crippen molar-refractivity contribution >= 4 is 0 Å². The van der Waals surface area contributed by atoms with Gasteiger partial charge in [0.15, 0.2) is 0 Å². The SMILES string of the molecule is CNCC1(CN(C)CCOCC2CC2)CCCCCC1. The summed E-state index contributed by atoms with van der Waals surface area (Å²) < 4.78 is 5.78. The topological polar surface area (TPSA) is 24.5 Å². The van der Waals surface area contributed by atoms with Crippen molar-refractivity contribution in [2.45, 2.75) is 51.4 Å². The van der Waals surface area contributed by atoms with Gasteiger partial charge in [-0.2, -0.15) is 0 Å². The summed E-state index contributed by atoms with van der Waals surface area (Å²) in [5, 5.41) is 3.44. The van der Waals surface area contributed by atoms with Crippen LogP contribution in [0.1, 0.15) is 51.4 Å². The molecule has 0 heterocycles. The van der Waals surface area contributed by atoms with Crippen LogP contribution < -0.4 is 5.32 Å². The van der Waals surface area contributed by atoms with E-state index in [-0.39, 0.29) is 0 Å². The molecule has 2 aliphatic rings. The molecular weight excluding hydrogens is 248 g/mol. The first-order valence-electron chi connectivity index (χ1n) is 8.65. The Kier molecular flexibility index (Phi) is 6.79. The van der Waals surface area contributed by atoms with Gasteiger partial charge in [-0.05, 0) is 51.1 Å². The van der Waals surface area contributed by atoms with E-state index in [9.17, 15) is 0 Å². The number of nitrogens with one attached hydrogen (secondary N) is 1. The summed E-state index contributed by atoms with van der Waals surface area (Å²) in [4.78, 5) is 2.50. The van der Waals surface area contributed by atoms with Crippen molar-refractivity contribution < 1.29 is 4.74 Å². The lowest BCUT2D eigenvalue weighted by Crippen LogP contribution is -2.43. The predicted octanol–water partition coefficient (Wildman–Crippen LogP) is 2.90. The maximum Gasteiger partial charge on any atom is 0.0593 e. The number of hydrogen-bond donors (Lipinski definition) is 1. The molecule has 0 aromatic heterocycles. The second-order valence-electron chi connectivity index (χ2n) is 7.20. The molecule has 1 N–H and O–H groups in total. The average Bonchev–Trinajstić information content (AvgIpc) is 3.23. The van der Waals surface area contributed by atoms with Gasteiger partial charge in [-0.15, -0.1) is 0 Å². The fraction of sp³-hybridized carbons (Fsp3) is 1.00. The van der Waals surface area contributed by atoms with Gasteiger partial charge in [0.05, 0.1) is 6.61 Å². The second-order valence-corrected chi connectivity index (χ2v) is 7.20. The third-order valence-electron chi connectivity index (χ3n) is 4.99. The maximum atomic E-state index is 5.78. The number of ether oxygens (including phenoxy) is 1. The fourth-order valence-corrected chi connectivity index (χ4v) is 3.65. The molecule has 0 amide bonds. The quantitative estimate of drug-likeness (QED) is 0.520. The maximum absolute atomic E-state index is 5.78. The first kappa shape index (κ1) is 16.3. The summed E-state index contributed by atoms with van der Waals surface area (Å²) in [6.07, 6.45) is 11.2. The van der Waals surface area contributed by atoms with Gasteiger partial charge < -0.3 is 15.0 Å². The lowest BCUT2D eigenvalue weighted by molar-refractivity contribution is 0.0816. The van der Waals surface area contributed by atoms with Gasteiger partial charge >= 0.3 is 0 Å². The molecule has 2 rings (SSSR count). The summed E-state index contributed by atoms with van der Waals surface area (Å²) in [5.41, 5.74) is 0.497. The molecule has 2 saturated carbocycles. The molecule has 3 heteroatoms. The monoisotopic (exact) mass is 282 g/mol. The minimum Gasteiger partial charge on any atom is -0.380 e. The molecule has 0 atom stereocenters. The third kappa shape index (κ3) is 5.71. The van der Waals surface area contributed by atoms with Gasteiger partial charge in [0.25, 0.3) is 0 Å². The third-order valence-corrected chi connectivity index (χ3v) is 4.99. The Hall–Kier alpha value is -0.120. The number of hydrogen-bond acceptors (Lipinski definition) is 3. The molecule has 0 saturated heterocycles. The van der Waals surface area contributed by atoms with E-state index in [0.717, 1.165) is 25.7 Å². The molecule has 2 fully saturated rings. The van der Waals surface area contributed by atoms with Crippen LogP contribution in [0.4, 0.5) is 0 Å². The highest BCUT2D eigenvalue weighted by molar-refractivity contribution is 4.86. The average molecular weight is 282 g/mol. The van der Waals surface area contributed by atoms with Gasteiger partial charge in [0.2, 0.25) is 0 Å². The molecule has 0 aliphatic heterocycles. The first-order chi connectivity index (χ1) is 9.74. The molecule has 118 valence electrons. The van der Waals surface area contributed by atoms with Gasteiger partial charge in [-0.25, -0.2) is 0 Å².